The third kappa shape index (κ3) is 1.91. The van der Waals surface area contributed by atoms with Gasteiger partial charge in [-0.1, -0.05) is 6.08 Å². The predicted molar refractivity (Wildman–Crippen MR) is 102 cm³/mol. The Morgan fingerprint density at radius 3 is 2.67 bits per heavy atom. The summed E-state index contributed by atoms with van der Waals surface area (Å²) in [6.45, 7) is 4.20. The highest BCUT2D eigenvalue weighted by atomic mass is 19.1. The molecule has 1 saturated carbocycles. The smallest absolute Gasteiger partial charge is 0.403 e. The van der Waals surface area contributed by atoms with Crippen LogP contribution in [0.25, 0.3) is 11.3 Å². The van der Waals surface area contributed by atoms with E-state index in [1.54, 1.807) is 12.1 Å². The SMILES string of the molecule is C=CC1C2c3cc(F)cc(F)c3-c3cccc[n+]3C2C12COC(=O)c1cccc[n+]12. The molecule has 1 fully saturated rings. The average Bonchev–Trinajstić information content (AvgIpc) is 2.74. The molecule has 3 aromatic rings. The standard InChI is InChI=1S/C24H18F2N2O2/c1-2-16-20-15-11-14(25)12-17(26)21(15)18-7-3-5-9-27(18)22(20)24(16)13-30-23(29)19-8-4-6-10-28(19)24/h2-12,16,20,22H,1,13H2/q+2. The van der Waals surface area contributed by atoms with E-state index in [9.17, 15) is 13.6 Å². The van der Waals surface area contributed by atoms with Gasteiger partial charge in [-0.3, -0.25) is 0 Å². The second kappa shape index (κ2) is 5.81. The number of hydrogen-bond acceptors (Lipinski definition) is 2. The van der Waals surface area contributed by atoms with Gasteiger partial charge in [-0.2, -0.15) is 9.13 Å². The van der Waals surface area contributed by atoms with Crippen molar-refractivity contribution in [1.82, 2.24) is 0 Å². The number of carbonyl (C=O) groups excluding carboxylic acids is 1. The highest BCUT2D eigenvalue weighted by Crippen LogP contribution is 2.62. The number of benzene rings is 1. The number of aromatic nitrogens is 2. The van der Waals surface area contributed by atoms with Gasteiger partial charge in [0, 0.05) is 30.3 Å². The second-order valence-electron chi connectivity index (χ2n) is 8.10. The topological polar surface area (TPSA) is 34.1 Å². The van der Waals surface area contributed by atoms with Crippen LogP contribution in [0.3, 0.4) is 0 Å². The molecule has 0 saturated heterocycles. The van der Waals surface area contributed by atoms with Crippen LogP contribution in [0.2, 0.25) is 0 Å². The lowest BCUT2D eigenvalue weighted by Crippen LogP contribution is -2.83. The van der Waals surface area contributed by atoms with Crippen molar-refractivity contribution in [2.24, 2.45) is 5.92 Å². The van der Waals surface area contributed by atoms with Gasteiger partial charge in [0.05, 0.1) is 17.4 Å². The third-order valence-electron chi connectivity index (χ3n) is 6.91. The zero-order valence-corrected chi connectivity index (χ0v) is 16.0. The van der Waals surface area contributed by atoms with Gasteiger partial charge < -0.3 is 4.74 Å². The van der Waals surface area contributed by atoms with Crippen LogP contribution in [0.1, 0.15) is 28.0 Å². The Morgan fingerprint density at radius 1 is 1.10 bits per heavy atom. The van der Waals surface area contributed by atoms with Crippen LogP contribution in [0.4, 0.5) is 8.78 Å². The van der Waals surface area contributed by atoms with Gasteiger partial charge in [-0.15, -0.1) is 6.58 Å². The fourth-order valence-corrected chi connectivity index (χ4v) is 5.84. The Hall–Kier alpha value is -3.41. The van der Waals surface area contributed by atoms with Crippen LogP contribution in [0.5, 0.6) is 0 Å². The maximum absolute atomic E-state index is 14.9. The Balaban J connectivity index is 1.67. The number of rotatable bonds is 1. The zero-order valence-electron chi connectivity index (χ0n) is 16.0. The number of hydrogen-bond donors (Lipinski definition) is 0. The molecule has 4 atom stereocenters. The van der Waals surface area contributed by atoms with Crippen molar-refractivity contribution in [3.05, 3.63) is 96.5 Å². The second-order valence-corrected chi connectivity index (χ2v) is 8.10. The summed E-state index contributed by atoms with van der Waals surface area (Å²) < 4.78 is 38.8. The molecule has 1 aromatic carbocycles. The number of fused-ring (bicyclic) bond motifs is 9. The number of esters is 1. The molecule has 3 aliphatic rings. The number of halogens is 2. The van der Waals surface area contributed by atoms with Crippen molar-refractivity contribution < 1.29 is 27.4 Å². The van der Waals surface area contributed by atoms with Gasteiger partial charge in [0.25, 0.3) is 11.2 Å². The van der Waals surface area contributed by atoms with E-state index in [0.717, 1.165) is 6.07 Å². The van der Waals surface area contributed by atoms with Crippen LogP contribution < -0.4 is 9.13 Å². The Bertz CT molecular complexity index is 1260. The monoisotopic (exact) mass is 404 g/mol. The molecule has 6 heteroatoms. The molecule has 148 valence electrons. The number of carbonyl (C=O) groups is 1. The number of ether oxygens (including phenoxy) is 1. The lowest BCUT2D eigenvalue weighted by molar-refractivity contribution is -0.880. The molecule has 4 nitrogen and oxygen atoms in total. The van der Waals surface area contributed by atoms with Crippen molar-refractivity contribution in [2.75, 3.05) is 6.61 Å². The molecule has 0 amide bonds. The van der Waals surface area contributed by atoms with Gasteiger partial charge in [-0.25, -0.2) is 13.6 Å². The highest BCUT2D eigenvalue weighted by Gasteiger charge is 2.78. The summed E-state index contributed by atoms with van der Waals surface area (Å²) in [6.07, 6.45) is 5.62. The van der Waals surface area contributed by atoms with Crippen molar-refractivity contribution >= 4 is 5.97 Å². The highest BCUT2D eigenvalue weighted by molar-refractivity contribution is 5.86. The van der Waals surface area contributed by atoms with Crippen molar-refractivity contribution in [3.8, 4) is 11.3 Å². The quantitative estimate of drug-likeness (QED) is 0.355. The predicted octanol–water partition coefficient (Wildman–Crippen LogP) is 3.23. The fourth-order valence-electron chi connectivity index (χ4n) is 5.84. The van der Waals surface area contributed by atoms with E-state index < -0.39 is 17.2 Å². The van der Waals surface area contributed by atoms with Crippen molar-refractivity contribution in [3.63, 3.8) is 0 Å². The summed E-state index contributed by atoms with van der Waals surface area (Å²) in [5.74, 6) is -1.92. The van der Waals surface area contributed by atoms with E-state index in [2.05, 4.69) is 6.58 Å². The summed E-state index contributed by atoms with van der Waals surface area (Å²) in [7, 11) is 0. The molecule has 0 bridgehead atoms. The summed E-state index contributed by atoms with van der Waals surface area (Å²) in [6, 6.07) is 13.2. The van der Waals surface area contributed by atoms with Gasteiger partial charge in [0.15, 0.2) is 19.0 Å². The van der Waals surface area contributed by atoms with Crippen LogP contribution in [-0.2, 0) is 10.3 Å². The minimum Gasteiger partial charge on any atom is -0.450 e. The van der Waals surface area contributed by atoms with Crippen LogP contribution >= 0.6 is 0 Å². The third-order valence-corrected chi connectivity index (χ3v) is 6.91. The zero-order chi connectivity index (χ0) is 20.6. The van der Waals surface area contributed by atoms with Crippen molar-refractivity contribution in [1.29, 1.82) is 0 Å². The minimum atomic E-state index is -0.627. The van der Waals surface area contributed by atoms with Crippen LogP contribution in [-0.4, -0.2) is 12.6 Å². The van der Waals surface area contributed by atoms with Crippen LogP contribution in [0.15, 0.2) is 73.6 Å². The first-order valence-corrected chi connectivity index (χ1v) is 9.88. The molecule has 30 heavy (non-hydrogen) atoms. The lowest BCUT2D eigenvalue weighted by Gasteiger charge is -2.54. The van der Waals surface area contributed by atoms with E-state index in [1.165, 1.54) is 6.07 Å². The van der Waals surface area contributed by atoms with Gasteiger partial charge in [-0.05, 0) is 23.8 Å². The summed E-state index contributed by atoms with van der Waals surface area (Å²) in [4.78, 5) is 12.4. The van der Waals surface area contributed by atoms with Gasteiger partial charge >= 0.3 is 5.97 Å². The minimum absolute atomic E-state index is 0.167. The van der Waals surface area contributed by atoms with E-state index in [0.29, 0.717) is 22.5 Å². The number of nitrogens with zero attached hydrogens (tertiary/aromatic N) is 2. The maximum atomic E-state index is 14.9. The number of allylic oxidation sites excluding steroid dienone is 1. The van der Waals surface area contributed by atoms with E-state index in [-0.39, 0.29) is 30.5 Å². The molecule has 0 radical (unpaired) electrons. The molecule has 2 aliphatic heterocycles. The van der Waals surface area contributed by atoms with Gasteiger partial charge in [0.2, 0.25) is 11.7 Å². The molecular formula is C24H18F2N2O2+2. The number of pyridine rings is 2. The fraction of sp³-hybridized carbons (Fsp3) is 0.208. The first-order valence-electron chi connectivity index (χ1n) is 9.88. The Morgan fingerprint density at radius 2 is 1.87 bits per heavy atom. The molecule has 1 aliphatic carbocycles. The van der Waals surface area contributed by atoms with Crippen LogP contribution in [0, 0.1) is 17.6 Å². The van der Waals surface area contributed by atoms with E-state index in [1.807, 2.05) is 51.9 Å². The molecular weight excluding hydrogens is 386 g/mol. The Labute approximate surface area is 171 Å². The molecule has 4 heterocycles. The number of cyclic esters (lactones) is 1. The molecule has 2 aromatic heterocycles. The first-order chi connectivity index (χ1) is 14.6. The summed E-state index contributed by atoms with van der Waals surface area (Å²) in [5.41, 5.74) is 1.57. The molecule has 6 rings (SSSR count). The van der Waals surface area contributed by atoms with Crippen molar-refractivity contribution in [2.45, 2.75) is 17.5 Å². The maximum Gasteiger partial charge on any atom is 0.403 e. The summed E-state index contributed by atoms with van der Waals surface area (Å²) in [5, 5.41) is 0. The summed E-state index contributed by atoms with van der Waals surface area (Å²) >= 11 is 0. The van der Waals surface area contributed by atoms with E-state index in [4.69, 9.17) is 4.74 Å². The molecule has 4 unspecified atom stereocenters. The molecule has 0 N–H and O–H groups in total. The first kappa shape index (κ1) is 17.4. The molecule has 1 spiro atoms. The average molecular weight is 404 g/mol. The van der Waals surface area contributed by atoms with Gasteiger partial charge in [0.1, 0.15) is 11.6 Å². The Kier molecular flexibility index (Phi) is 3.38. The largest absolute Gasteiger partial charge is 0.450 e. The lowest BCUT2D eigenvalue weighted by atomic mass is 9.51. The normalized spacial score (nSPS) is 27.8. The van der Waals surface area contributed by atoms with E-state index >= 15 is 0 Å².